The highest BCUT2D eigenvalue weighted by Gasteiger charge is 2.11. The summed E-state index contributed by atoms with van der Waals surface area (Å²) in [5, 5.41) is 3.01. The molecule has 0 atom stereocenters. The number of carbonyl (C=O) groups excluding carboxylic acids is 1. The molecule has 0 aromatic heterocycles. The van der Waals surface area contributed by atoms with Crippen molar-refractivity contribution in [3.05, 3.63) is 88.7 Å². The molecule has 0 fully saturated rings. The zero-order valence-corrected chi connectivity index (χ0v) is 16.3. The van der Waals surface area contributed by atoms with Crippen LogP contribution in [-0.4, -0.2) is 37.4 Å². The van der Waals surface area contributed by atoms with Gasteiger partial charge in [-0.3, -0.25) is 9.69 Å². The molecular weight excluding hydrogens is 395 g/mol. The van der Waals surface area contributed by atoms with Gasteiger partial charge in [0.2, 0.25) is 0 Å². The van der Waals surface area contributed by atoms with Gasteiger partial charge in [-0.05, 0) is 49.5 Å². The second kappa shape index (κ2) is 10.0. The fourth-order valence-corrected chi connectivity index (χ4v) is 2.63. The molecule has 0 bridgehead atoms. The van der Waals surface area contributed by atoms with Crippen LogP contribution in [0.2, 0.25) is 0 Å². The maximum absolute atomic E-state index is 14.3. The SMILES string of the molecule is C=CCN(C)C/C=C/CNc1ccc(C(=O)c2ccc(Br)cc2)cc1F. The van der Waals surface area contributed by atoms with Crippen molar-refractivity contribution >= 4 is 27.4 Å². The molecule has 2 aromatic rings. The van der Waals surface area contributed by atoms with Crippen LogP contribution in [0.3, 0.4) is 0 Å². The van der Waals surface area contributed by atoms with E-state index in [1.54, 1.807) is 36.4 Å². The Hall–Kier alpha value is -2.24. The third kappa shape index (κ3) is 5.93. The van der Waals surface area contributed by atoms with Crippen LogP contribution < -0.4 is 5.32 Å². The minimum Gasteiger partial charge on any atom is -0.379 e. The van der Waals surface area contributed by atoms with Gasteiger partial charge in [0.15, 0.2) is 5.78 Å². The van der Waals surface area contributed by atoms with Crippen molar-refractivity contribution < 1.29 is 9.18 Å². The van der Waals surface area contributed by atoms with E-state index in [-0.39, 0.29) is 5.78 Å². The first-order chi connectivity index (χ1) is 12.5. The van der Waals surface area contributed by atoms with Crippen LogP contribution >= 0.6 is 15.9 Å². The minimum absolute atomic E-state index is 0.201. The van der Waals surface area contributed by atoms with Gasteiger partial charge in [0.25, 0.3) is 0 Å². The lowest BCUT2D eigenvalue weighted by Crippen LogP contribution is -2.17. The normalized spacial score (nSPS) is 11.1. The average Bonchev–Trinajstić information content (AvgIpc) is 2.63. The topological polar surface area (TPSA) is 32.3 Å². The van der Waals surface area contributed by atoms with E-state index in [0.717, 1.165) is 17.6 Å². The Bertz CT molecular complexity index is 787. The molecule has 3 nitrogen and oxygen atoms in total. The van der Waals surface area contributed by atoms with Crippen molar-refractivity contribution in [2.24, 2.45) is 0 Å². The Balaban J connectivity index is 1.94. The number of halogens is 2. The summed E-state index contributed by atoms with van der Waals surface area (Å²) in [5.74, 6) is -0.641. The Morgan fingerprint density at radius 3 is 2.50 bits per heavy atom. The Labute approximate surface area is 162 Å². The fraction of sp³-hybridized carbons (Fsp3) is 0.190. The van der Waals surface area contributed by atoms with Crippen molar-refractivity contribution in [3.8, 4) is 0 Å². The van der Waals surface area contributed by atoms with Gasteiger partial charge in [0, 0.05) is 35.2 Å². The van der Waals surface area contributed by atoms with Crippen LogP contribution in [0.25, 0.3) is 0 Å². The van der Waals surface area contributed by atoms with Gasteiger partial charge in [0.05, 0.1) is 5.69 Å². The summed E-state index contributed by atoms with van der Waals surface area (Å²) in [6, 6.07) is 11.5. The predicted molar refractivity (Wildman–Crippen MR) is 109 cm³/mol. The molecular formula is C21H22BrFN2O. The van der Waals surface area contributed by atoms with Gasteiger partial charge in [-0.15, -0.1) is 6.58 Å². The molecule has 0 saturated carbocycles. The van der Waals surface area contributed by atoms with Crippen LogP contribution in [0.15, 0.2) is 71.7 Å². The third-order valence-electron chi connectivity index (χ3n) is 3.77. The van der Waals surface area contributed by atoms with E-state index in [1.165, 1.54) is 6.07 Å². The second-order valence-electron chi connectivity index (χ2n) is 5.89. The zero-order chi connectivity index (χ0) is 18.9. The lowest BCUT2D eigenvalue weighted by Gasteiger charge is -2.10. The Kier molecular flexibility index (Phi) is 7.75. The van der Waals surface area contributed by atoms with E-state index >= 15 is 0 Å². The van der Waals surface area contributed by atoms with Crippen LogP contribution in [-0.2, 0) is 0 Å². The van der Waals surface area contributed by atoms with E-state index in [2.05, 4.69) is 32.7 Å². The van der Waals surface area contributed by atoms with Crippen molar-refractivity contribution in [1.29, 1.82) is 0 Å². The smallest absolute Gasteiger partial charge is 0.193 e. The van der Waals surface area contributed by atoms with E-state index < -0.39 is 5.82 Å². The number of rotatable bonds is 9. The van der Waals surface area contributed by atoms with E-state index in [4.69, 9.17) is 0 Å². The average molecular weight is 417 g/mol. The van der Waals surface area contributed by atoms with Crippen LogP contribution in [0, 0.1) is 5.82 Å². The number of anilines is 1. The summed E-state index contributed by atoms with van der Waals surface area (Å²) in [4.78, 5) is 14.5. The van der Waals surface area contributed by atoms with Crippen molar-refractivity contribution in [2.75, 3.05) is 32.0 Å². The van der Waals surface area contributed by atoms with Crippen molar-refractivity contribution in [3.63, 3.8) is 0 Å². The third-order valence-corrected chi connectivity index (χ3v) is 4.30. The number of ketones is 1. The summed E-state index contributed by atoms with van der Waals surface area (Å²) >= 11 is 3.33. The van der Waals surface area contributed by atoms with E-state index in [9.17, 15) is 9.18 Å². The quantitative estimate of drug-likeness (QED) is 0.465. The molecule has 0 aliphatic rings. The molecule has 2 aromatic carbocycles. The standard InChI is InChI=1S/C21H22BrFN2O/c1-3-13-25(2)14-5-4-12-24-20-11-8-17(15-19(20)23)21(26)16-6-9-18(22)10-7-16/h3-11,15,24H,1,12-14H2,2H3/b5-4+. The van der Waals surface area contributed by atoms with Crippen LogP contribution in [0.4, 0.5) is 10.1 Å². The summed E-state index contributed by atoms with van der Waals surface area (Å²) in [5.41, 5.74) is 1.23. The molecule has 0 unspecified atom stereocenters. The number of hydrogen-bond acceptors (Lipinski definition) is 3. The minimum atomic E-state index is -0.440. The molecule has 0 aliphatic heterocycles. The first-order valence-corrected chi connectivity index (χ1v) is 9.08. The first-order valence-electron chi connectivity index (χ1n) is 8.29. The summed E-state index contributed by atoms with van der Waals surface area (Å²) in [6.07, 6.45) is 5.80. The van der Waals surface area contributed by atoms with Crippen LogP contribution in [0.5, 0.6) is 0 Å². The maximum atomic E-state index is 14.3. The molecule has 0 radical (unpaired) electrons. The number of likely N-dealkylation sites (N-methyl/N-ethyl adjacent to an activating group) is 1. The van der Waals surface area contributed by atoms with Gasteiger partial charge < -0.3 is 5.32 Å². The van der Waals surface area contributed by atoms with E-state index in [1.807, 2.05) is 25.3 Å². The zero-order valence-electron chi connectivity index (χ0n) is 14.7. The summed E-state index contributed by atoms with van der Waals surface area (Å²) < 4.78 is 15.2. The van der Waals surface area contributed by atoms with Gasteiger partial charge in [0.1, 0.15) is 5.82 Å². The van der Waals surface area contributed by atoms with Gasteiger partial charge in [-0.25, -0.2) is 4.39 Å². The highest BCUT2D eigenvalue weighted by Crippen LogP contribution is 2.19. The number of hydrogen-bond donors (Lipinski definition) is 1. The number of nitrogens with one attached hydrogen (secondary N) is 1. The number of nitrogens with zero attached hydrogens (tertiary/aromatic N) is 1. The number of carbonyl (C=O) groups is 1. The molecule has 0 aliphatic carbocycles. The molecule has 26 heavy (non-hydrogen) atoms. The molecule has 2 rings (SSSR count). The molecule has 1 N–H and O–H groups in total. The van der Waals surface area contributed by atoms with Crippen molar-refractivity contribution in [2.45, 2.75) is 0 Å². The van der Waals surface area contributed by atoms with Gasteiger partial charge in [-0.2, -0.15) is 0 Å². The predicted octanol–water partition coefficient (Wildman–Crippen LogP) is 4.91. The summed E-state index contributed by atoms with van der Waals surface area (Å²) in [6.45, 7) is 5.83. The van der Waals surface area contributed by atoms with Crippen LogP contribution in [0.1, 0.15) is 15.9 Å². The molecule has 5 heteroatoms. The fourth-order valence-electron chi connectivity index (χ4n) is 2.37. The largest absolute Gasteiger partial charge is 0.379 e. The highest BCUT2D eigenvalue weighted by molar-refractivity contribution is 9.10. The Morgan fingerprint density at radius 1 is 1.15 bits per heavy atom. The van der Waals surface area contributed by atoms with Gasteiger partial charge >= 0.3 is 0 Å². The van der Waals surface area contributed by atoms with E-state index in [0.29, 0.717) is 23.4 Å². The Morgan fingerprint density at radius 2 is 1.85 bits per heavy atom. The summed E-state index contributed by atoms with van der Waals surface area (Å²) in [7, 11) is 2.00. The molecule has 136 valence electrons. The van der Waals surface area contributed by atoms with Gasteiger partial charge in [-0.1, -0.05) is 34.2 Å². The highest BCUT2D eigenvalue weighted by atomic mass is 79.9. The lowest BCUT2D eigenvalue weighted by atomic mass is 10.0. The molecule has 0 heterocycles. The number of benzene rings is 2. The molecule has 0 saturated heterocycles. The molecule has 0 amide bonds. The molecule has 0 spiro atoms. The van der Waals surface area contributed by atoms with Crippen molar-refractivity contribution in [1.82, 2.24) is 4.90 Å². The first kappa shape index (κ1) is 20.1. The lowest BCUT2D eigenvalue weighted by molar-refractivity contribution is 0.103. The monoisotopic (exact) mass is 416 g/mol. The second-order valence-corrected chi connectivity index (χ2v) is 6.81. The maximum Gasteiger partial charge on any atom is 0.193 e.